The molecule has 0 N–H and O–H groups in total. The summed E-state index contributed by atoms with van der Waals surface area (Å²) in [5, 5.41) is 3.54. The molecule has 0 saturated heterocycles. The second-order valence-electron chi connectivity index (χ2n) is 13.4. The molecule has 6 rings (SSSR count). The number of nitrogens with zero attached hydrogens (tertiary/aromatic N) is 2. The van der Waals surface area contributed by atoms with Gasteiger partial charge in [-0.3, -0.25) is 4.98 Å². The monoisotopic (exact) mass is 600 g/mol. The molecule has 3 aromatic heterocycles. The molecule has 0 aliphatic rings. The molecule has 0 saturated carbocycles. The Labute approximate surface area is 253 Å². The van der Waals surface area contributed by atoms with Crippen LogP contribution in [0.5, 0.6) is 0 Å². The van der Waals surface area contributed by atoms with Crippen LogP contribution in [-0.2, 0) is 11.8 Å². The van der Waals surface area contributed by atoms with Crippen LogP contribution < -0.4 is 0 Å². The summed E-state index contributed by atoms with van der Waals surface area (Å²) in [6.07, 6.45) is -2.81. The van der Waals surface area contributed by atoms with Gasteiger partial charge in [-0.05, 0) is 63.6 Å². The first-order valence-electron chi connectivity index (χ1n) is 14.6. The Morgan fingerprint density at radius 3 is 2.30 bits per heavy atom. The predicted octanol–water partition coefficient (Wildman–Crippen LogP) is 11.5. The molecule has 43 heavy (non-hydrogen) atoms. The number of alkyl halides is 3. The molecule has 0 aliphatic carbocycles. The Kier molecular flexibility index (Phi) is 6.96. The van der Waals surface area contributed by atoms with Gasteiger partial charge in [0, 0.05) is 34.0 Å². The van der Waals surface area contributed by atoms with Crippen LogP contribution >= 0.6 is 11.3 Å². The van der Waals surface area contributed by atoms with Gasteiger partial charge in [0.05, 0.1) is 15.8 Å². The van der Waals surface area contributed by atoms with Crippen LogP contribution in [0.4, 0.5) is 13.2 Å². The fourth-order valence-corrected chi connectivity index (χ4v) is 7.04. The van der Waals surface area contributed by atoms with E-state index in [0.29, 0.717) is 11.1 Å². The van der Waals surface area contributed by atoms with Crippen LogP contribution in [-0.4, -0.2) is 16.1 Å². The highest BCUT2D eigenvalue weighted by molar-refractivity contribution is 7.20. The average Bonchev–Trinajstić information content (AvgIpc) is 3.51. The van der Waals surface area contributed by atoms with Crippen molar-refractivity contribution in [2.75, 3.05) is 0 Å². The molecule has 7 heteroatoms. The largest absolute Gasteiger partial charge is 0.441 e. The number of pyridine rings is 1. The first-order chi connectivity index (χ1) is 20.1. The van der Waals surface area contributed by atoms with Gasteiger partial charge in [-0.1, -0.05) is 78.8 Å². The summed E-state index contributed by atoms with van der Waals surface area (Å²) in [5.74, 6) is 0.337. The van der Waals surface area contributed by atoms with E-state index in [0.717, 1.165) is 32.5 Å². The summed E-state index contributed by atoms with van der Waals surface area (Å²) in [5.41, 5.74) is 4.43. The third-order valence-corrected chi connectivity index (χ3v) is 9.69. The molecule has 3 heterocycles. The molecule has 0 amide bonds. The number of aromatic nitrogens is 2. The normalized spacial score (nSPS) is 13.2. The molecule has 3 nitrogen and oxygen atoms in total. The molecule has 0 aliphatic heterocycles. The molecule has 0 radical (unpaired) electrons. The highest BCUT2D eigenvalue weighted by atomic mass is 32.1. The second kappa shape index (κ2) is 10.2. The zero-order valence-corrected chi connectivity index (χ0v) is 26.3. The van der Waals surface area contributed by atoms with E-state index in [-0.39, 0.29) is 23.6 Å². The summed E-state index contributed by atoms with van der Waals surface area (Å²) in [4.78, 5) is 10.6. The van der Waals surface area contributed by atoms with Crippen molar-refractivity contribution in [1.29, 1.82) is 0 Å². The Morgan fingerprint density at radius 2 is 1.60 bits per heavy atom. The topological polar surface area (TPSA) is 38.9 Å². The van der Waals surface area contributed by atoms with Crippen molar-refractivity contribution < 1.29 is 17.6 Å². The maximum absolute atomic E-state index is 13.5. The molecule has 0 atom stereocenters. The van der Waals surface area contributed by atoms with Gasteiger partial charge >= 0.3 is 6.18 Å². The van der Waals surface area contributed by atoms with Crippen LogP contribution in [0.1, 0.15) is 70.7 Å². The quantitative estimate of drug-likeness (QED) is 0.198. The van der Waals surface area contributed by atoms with E-state index in [9.17, 15) is 13.2 Å². The van der Waals surface area contributed by atoms with Gasteiger partial charge in [0.2, 0.25) is 0 Å². The minimum absolute atomic E-state index is 0.0472. The van der Waals surface area contributed by atoms with Crippen molar-refractivity contribution in [1.82, 2.24) is 9.97 Å². The maximum atomic E-state index is 13.5. The third kappa shape index (κ3) is 5.22. The third-order valence-electron chi connectivity index (χ3n) is 8.18. The highest BCUT2D eigenvalue weighted by Gasteiger charge is 2.48. The number of thiophene rings is 1. The van der Waals surface area contributed by atoms with Gasteiger partial charge in [-0.2, -0.15) is 13.2 Å². The fourth-order valence-electron chi connectivity index (χ4n) is 5.70. The number of oxazole rings is 1. The Morgan fingerprint density at radius 1 is 0.860 bits per heavy atom. The van der Waals surface area contributed by atoms with Gasteiger partial charge in [0.15, 0.2) is 11.5 Å². The number of rotatable bonds is 5. The second-order valence-corrected chi connectivity index (χ2v) is 14.4. The van der Waals surface area contributed by atoms with Crippen molar-refractivity contribution in [2.24, 2.45) is 5.41 Å². The Bertz CT molecular complexity index is 1990. The average molecular weight is 601 g/mol. The first kappa shape index (κ1) is 29.4. The van der Waals surface area contributed by atoms with Crippen molar-refractivity contribution in [3.8, 4) is 22.4 Å². The smallest absolute Gasteiger partial charge is 0.394 e. The van der Waals surface area contributed by atoms with E-state index in [1.54, 1.807) is 11.3 Å². The minimum Gasteiger partial charge on any atom is -0.441 e. The standard InChI is InChI=1S/C36H35F3N2OS/c1-20(2)32-30(22-12-13-28-27(18-22)41-29(42-28)19-35(6,7)36(37,38)39)25-14-15-40-31(33(25)43-32)23-16-21-10-8-9-11-24(21)26(17-23)34(3,4)5/h8-18,20H,19H2,1-7H3. The molecule has 3 aromatic carbocycles. The number of hydrogen-bond donors (Lipinski definition) is 0. The van der Waals surface area contributed by atoms with Gasteiger partial charge in [-0.15, -0.1) is 11.3 Å². The lowest BCUT2D eigenvalue weighted by Gasteiger charge is -2.25. The van der Waals surface area contributed by atoms with Crippen LogP contribution in [0.25, 0.3) is 54.3 Å². The first-order valence-corrected chi connectivity index (χ1v) is 15.4. The molecule has 0 bridgehead atoms. The molecule has 222 valence electrons. The summed E-state index contributed by atoms with van der Waals surface area (Å²) in [6, 6.07) is 20.8. The van der Waals surface area contributed by atoms with E-state index < -0.39 is 11.6 Å². The summed E-state index contributed by atoms with van der Waals surface area (Å²) in [6.45, 7) is 13.4. The lowest BCUT2D eigenvalue weighted by Crippen LogP contribution is -2.34. The zero-order chi connectivity index (χ0) is 30.9. The van der Waals surface area contributed by atoms with Gasteiger partial charge in [0.1, 0.15) is 5.52 Å². The van der Waals surface area contributed by atoms with E-state index in [2.05, 4.69) is 82.1 Å². The fraction of sp³-hybridized carbons (Fsp3) is 0.333. The predicted molar refractivity (Wildman–Crippen MR) is 172 cm³/mol. The SMILES string of the molecule is CC(C)c1sc2c(-c3cc(C(C)(C)C)c4ccccc4c3)nccc2c1-c1ccc2oc(CC(C)(C)C(F)(F)F)nc2c1. The van der Waals surface area contributed by atoms with Gasteiger partial charge in [0.25, 0.3) is 0 Å². The van der Waals surface area contributed by atoms with Crippen molar-refractivity contribution in [3.05, 3.63) is 83.2 Å². The minimum atomic E-state index is -4.36. The van der Waals surface area contributed by atoms with Crippen LogP contribution in [0.3, 0.4) is 0 Å². The Hall–Kier alpha value is -3.71. The van der Waals surface area contributed by atoms with Crippen molar-refractivity contribution >= 4 is 43.3 Å². The molecular weight excluding hydrogens is 565 g/mol. The van der Waals surface area contributed by atoms with Crippen molar-refractivity contribution in [3.63, 3.8) is 0 Å². The van der Waals surface area contributed by atoms with Crippen LogP contribution in [0, 0.1) is 5.41 Å². The maximum Gasteiger partial charge on any atom is 0.394 e. The van der Waals surface area contributed by atoms with E-state index in [4.69, 9.17) is 9.40 Å². The summed E-state index contributed by atoms with van der Waals surface area (Å²) >= 11 is 1.76. The Balaban J connectivity index is 1.51. The number of halogens is 3. The number of benzene rings is 3. The lowest BCUT2D eigenvalue weighted by molar-refractivity contribution is -0.212. The lowest BCUT2D eigenvalue weighted by atomic mass is 9.82. The van der Waals surface area contributed by atoms with Gasteiger partial charge < -0.3 is 4.42 Å². The number of fused-ring (bicyclic) bond motifs is 3. The van der Waals surface area contributed by atoms with Crippen molar-refractivity contribution in [2.45, 2.75) is 72.4 Å². The van der Waals surface area contributed by atoms with Gasteiger partial charge in [-0.25, -0.2) is 4.98 Å². The van der Waals surface area contributed by atoms with Crippen LogP contribution in [0.2, 0.25) is 0 Å². The summed E-state index contributed by atoms with van der Waals surface area (Å²) < 4.78 is 47.5. The van der Waals surface area contributed by atoms with Crippen LogP contribution in [0.15, 0.2) is 71.3 Å². The zero-order valence-electron chi connectivity index (χ0n) is 25.5. The molecule has 0 fully saturated rings. The van der Waals surface area contributed by atoms with E-state index >= 15 is 0 Å². The molecule has 6 aromatic rings. The van der Waals surface area contributed by atoms with E-state index in [1.807, 2.05) is 24.4 Å². The molecule has 0 unspecified atom stereocenters. The molecule has 0 spiro atoms. The summed E-state index contributed by atoms with van der Waals surface area (Å²) in [7, 11) is 0. The molecular formula is C36H35F3N2OS. The highest BCUT2D eigenvalue weighted by Crippen LogP contribution is 2.47. The number of hydrogen-bond acceptors (Lipinski definition) is 4. The van der Waals surface area contributed by atoms with E-state index in [1.165, 1.54) is 35.1 Å².